The van der Waals surface area contributed by atoms with Gasteiger partial charge in [0.2, 0.25) is 5.91 Å². The average molecular weight is 222 g/mol. The Morgan fingerprint density at radius 2 is 2.06 bits per heavy atom. The van der Waals surface area contributed by atoms with E-state index >= 15 is 0 Å². The summed E-state index contributed by atoms with van der Waals surface area (Å²) < 4.78 is 0. The zero-order valence-corrected chi connectivity index (χ0v) is 10.1. The Morgan fingerprint density at radius 1 is 1.44 bits per heavy atom. The lowest BCUT2D eigenvalue weighted by molar-refractivity contribution is -0.133. The van der Waals surface area contributed by atoms with Gasteiger partial charge in [-0.05, 0) is 25.3 Å². The molecule has 2 unspecified atom stereocenters. The molecule has 0 saturated carbocycles. The van der Waals surface area contributed by atoms with E-state index in [-0.39, 0.29) is 11.9 Å². The summed E-state index contributed by atoms with van der Waals surface area (Å²) in [7, 11) is 0. The lowest BCUT2D eigenvalue weighted by Crippen LogP contribution is -2.50. The van der Waals surface area contributed by atoms with Crippen LogP contribution in [-0.4, -0.2) is 36.5 Å². The largest absolute Gasteiger partial charge is 0.334 e. The quantitative estimate of drug-likeness (QED) is 0.716. The van der Waals surface area contributed by atoms with Gasteiger partial charge in [0.1, 0.15) is 0 Å². The van der Waals surface area contributed by atoms with Crippen molar-refractivity contribution in [2.75, 3.05) is 19.6 Å². The standard InChI is InChI=1S/C13H22N2O/c1-4-8-15(9-5-2)13(16)12-10-11(3)6-7-14-12/h4-5,11-12,14H,1-2,6-10H2,3H3. The van der Waals surface area contributed by atoms with E-state index in [1.165, 1.54) is 0 Å². The van der Waals surface area contributed by atoms with Crippen LogP contribution in [-0.2, 0) is 4.79 Å². The molecule has 0 bridgehead atoms. The van der Waals surface area contributed by atoms with Gasteiger partial charge in [0.15, 0.2) is 0 Å². The summed E-state index contributed by atoms with van der Waals surface area (Å²) in [5.74, 6) is 0.802. The molecule has 1 saturated heterocycles. The molecule has 0 aromatic carbocycles. The van der Waals surface area contributed by atoms with Gasteiger partial charge in [0, 0.05) is 13.1 Å². The Balaban J connectivity index is 2.57. The smallest absolute Gasteiger partial charge is 0.240 e. The highest BCUT2D eigenvalue weighted by Crippen LogP contribution is 2.16. The van der Waals surface area contributed by atoms with Crippen molar-refractivity contribution in [2.45, 2.75) is 25.8 Å². The lowest BCUT2D eigenvalue weighted by Gasteiger charge is -2.31. The molecule has 0 aromatic rings. The van der Waals surface area contributed by atoms with Crippen LogP contribution in [0.25, 0.3) is 0 Å². The first-order chi connectivity index (χ1) is 7.69. The van der Waals surface area contributed by atoms with Crippen molar-refractivity contribution in [3.05, 3.63) is 25.3 Å². The molecular formula is C13H22N2O. The van der Waals surface area contributed by atoms with E-state index in [0.717, 1.165) is 19.4 Å². The minimum Gasteiger partial charge on any atom is -0.334 e. The summed E-state index contributed by atoms with van der Waals surface area (Å²) in [6.07, 6.45) is 5.61. The van der Waals surface area contributed by atoms with Crippen LogP contribution < -0.4 is 5.32 Å². The summed E-state index contributed by atoms with van der Waals surface area (Å²) in [6, 6.07) is -0.0244. The van der Waals surface area contributed by atoms with Crippen molar-refractivity contribution >= 4 is 5.91 Å². The maximum atomic E-state index is 12.2. The summed E-state index contributed by atoms with van der Waals surface area (Å²) in [5, 5.41) is 3.29. The number of amides is 1. The Morgan fingerprint density at radius 3 is 2.56 bits per heavy atom. The van der Waals surface area contributed by atoms with Crippen LogP contribution in [0.4, 0.5) is 0 Å². The van der Waals surface area contributed by atoms with Crippen molar-refractivity contribution < 1.29 is 4.79 Å². The fraction of sp³-hybridized carbons (Fsp3) is 0.615. The third-order valence-electron chi connectivity index (χ3n) is 2.97. The van der Waals surface area contributed by atoms with Crippen molar-refractivity contribution in [3.8, 4) is 0 Å². The van der Waals surface area contributed by atoms with Crippen LogP contribution in [0.2, 0.25) is 0 Å². The summed E-state index contributed by atoms with van der Waals surface area (Å²) >= 11 is 0. The monoisotopic (exact) mass is 222 g/mol. The maximum absolute atomic E-state index is 12.2. The summed E-state index contributed by atoms with van der Waals surface area (Å²) in [5.41, 5.74) is 0. The van der Waals surface area contributed by atoms with Crippen molar-refractivity contribution in [2.24, 2.45) is 5.92 Å². The lowest BCUT2D eigenvalue weighted by atomic mass is 9.93. The number of hydrogen-bond acceptors (Lipinski definition) is 2. The minimum atomic E-state index is -0.0244. The van der Waals surface area contributed by atoms with Gasteiger partial charge in [-0.3, -0.25) is 4.79 Å². The third kappa shape index (κ3) is 3.49. The highest BCUT2D eigenvalue weighted by atomic mass is 16.2. The van der Waals surface area contributed by atoms with Gasteiger partial charge < -0.3 is 10.2 Å². The second-order valence-electron chi connectivity index (χ2n) is 4.46. The van der Waals surface area contributed by atoms with Crippen LogP contribution >= 0.6 is 0 Å². The van der Waals surface area contributed by atoms with Crippen LogP contribution in [0, 0.1) is 5.92 Å². The summed E-state index contributed by atoms with van der Waals surface area (Å²) in [6.45, 7) is 11.7. The molecule has 1 aliphatic heterocycles. The molecule has 1 fully saturated rings. The predicted molar refractivity (Wildman–Crippen MR) is 67.2 cm³/mol. The Hall–Kier alpha value is -1.09. The average Bonchev–Trinajstić information content (AvgIpc) is 2.28. The second-order valence-corrected chi connectivity index (χ2v) is 4.46. The van der Waals surface area contributed by atoms with E-state index in [1.54, 1.807) is 17.1 Å². The molecule has 0 aromatic heterocycles. The van der Waals surface area contributed by atoms with Crippen molar-refractivity contribution in [1.82, 2.24) is 10.2 Å². The molecule has 0 aliphatic carbocycles. The van der Waals surface area contributed by atoms with Crippen LogP contribution in [0.1, 0.15) is 19.8 Å². The van der Waals surface area contributed by atoms with Gasteiger partial charge in [-0.2, -0.15) is 0 Å². The van der Waals surface area contributed by atoms with Gasteiger partial charge in [-0.15, -0.1) is 13.2 Å². The SMILES string of the molecule is C=CCN(CC=C)C(=O)C1CC(C)CCN1. The molecule has 1 aliphatic rings. The maximum Gasteiger partial charge on any atom is 0.240 e. The highest BCUT2D eigenvalue weighted by Gasteiger charge is 2.27. The highest BCUT2D eigenvalue weighted by molar-refractivity contribution is 5.82. The molecule has 90 valence electrons. The number of nitrogens with one attached hydrogen (secondary N) is 1. The molecule has 0 radical (unpaired) electrons. The van der Waals surface area contributed by atoms with Crippen LogP contribution in [0.5, 0.6) is 0 Å². The van der Waals surface area contributed by atoms with Crippen molar-refractivity contribution in [3.63, 3.8) is 0 Å². The second kappa shape index (κ2) is 6.48. The minimum absolute atomic E-state index is 0.0244. The third-order valence-corrected chi connectivity index (χ3v) is 2.97. The first-order valence-corrected chi connectivity index (χ1v) is 5.93. The number of hydrogen-bond donors (Lipinski definition) is 1. The molecule has 1 rings (SSSR count). The van der Waals surface area contributed by atoms with E-state index < -0.39 is 0 Å². The zero-order valence-electron chi connectivity index (χ0n) is 10.1. The van der Waals surface area contributed by atoms with Gasteiger partial charge >= 0.3 is 0 Å². The van der Waals surface area contributed by atoms with E-state index in [1.807, 2.05) is 0 Å². The first kappa shape index (κ1) is 13.0. The van der Waals surface area contributed by atoms with Crippen LogP contribution in [0.15, 0.2) is 25.3 Å². The van der Waals surface area contributed by atoms with Gasteiger partial charge in [0.05, 0.1) is 6.04 Å². The number of carbonyl (C=O) groups excluding carboxylic acids is 1. The molecule has 3 nitrogen and oxygen atoms in total. The topological polar surface area (TPSA) is 32.3 Å². The fourth-order valence-electron chi connectivity index (χ4n) is 2.08. The number of nitrogens with zero attached hydrogens (tertiary/aromatic N) is 1. The predicted octanol–water partition coefficient (Wildman–Crippen LogP) is 1.58. The molecule has 1 amide bonds. The van der Waals surface area contributed by atoms with E-state index in [0.29, 0.717) is 19.0 Å². The zero-order chi connectivity index (χ0) is 12.0. The Labute approximate surface area is 98.2 Å². The number of rotatable bonds is 5. The van der Waals surface area contributed by atoms with Crippen molar-refractivity contribution in [1.29, 1.82) is 0 Å². The normalized spacial score (nSPS) is 24.8. The molecule has 1 heterocycles. The molecule has 0 spiro atoms. The Bertz CT molecular complexity index is 253. The molecule has 1 N–H and O–H groups in total. The first-order valence-electron chi connectivity index (χ1n) is 5.93. The van der Waals surface area contributed by atoms with Crippen LogP contribution in [0.3, 0.4) is 0 Å². The molecule has 3 heteroatoms. The van der Waals surface area contributed by atoms with E-state index in [2.05, 4.69) is 25.4 Å². The number of piperidine rings is 1. The molecule has 2 atom stereocenters. The number of carbonyl (C=O) groups is 1. The molecule has 16 heavy (non-hydrogen) atoms. The van der Waals surface area contributed by atoms with E-state index in [4.69, 9.17) is 0 Å². The fourth-order valence-corrected chi connectivity index (χ4v) is 2.08. The molecular weight excluding hydrogens is 200 g/mol. The van der Waals surface area contributed by atoms with E-state index in [9.17, 15) is 4.79 Å². The Kier molecular flexibility index (Phi) is 5.26. The van der Waals surface area contributed by atoms with Gasteiger partial charge in [-0.25, -0.2) is 0 Å². The summed E-state index contributed by atoms with van der Waals surface area (Å²) in [4.78, 5) is 14.0. The van der Waals surface area contributed by atoms with Gasteiger partial charge in [-0.1, -0.05) is 19.1 Å². The van der Waals surface area contributed by atoms with Gasteiger partial charge in [0.25, 0.3) is 0 Å².